The minimum Gasteiger partial charge on any atom is -0.392 e. The van der Waals surface area contributed by atoms with Gasteiger partial charge in [-0.15, -0.1) is 0 Å². The summed E-state index contributed by atoms with van der Waals surface area (Å²) in [6.07, 6.45) is 0.701. The van der Waals surface area contributed by atoms with Gasteiger partial charge >= 0.3 is 0 Å². The van der Waals surface area contributed by atoms with E-state index in [1.807, 2.05) is 32.9 Å². The standard InChI is InChI=1S/C21H27N3O4/c1-5-6-7-24-18(26)14-15(19(24)27)21(23-17(14)12(4)25)13-9-10(2)8-11(3)16(13)22-20(21)28/h8-9,12,14-15,17,23,25H,5-7H2,1-4H3,(H,22,28). The van der Waals surface area contributed by atoms with Crippen molar-refractivity contribution < 1.29 is 19.5 Å². The molecule has 1 spiro atoms. The van der Waals surface area contributed by atoms with Crippen LogP contribution in [0.25, 0.3) is 0 Å². The molecule has 150 valence electrons. The highest BCUT2D eigenvalue weighted by Crippen LogP contribution is 2.54. The Morgan fingerprint density at radius 2 is 1.93 bits per heavy atom. The maximum absolute atomic E-state index is 13.4. The average Bonchev–Trinajstić information content (AvgIpc) is 3.21. The second-order valence-electron chi connectivity index (χ2n) is 8.36. The average molecular weight is 385 g/mol. The van der Waals surface area contributed by atoms with Crippen molar-refractivity contribution in [2.24, 2.45) is 11.8 Å². The lowest BCUT2D eigenvalue weighted by Crippen LogP contribution is -2.54. The number of aliphatic hydroxyl groups excluding tert-OH is 1. The first kappa shape index (κ1) is 19.1. The molecule has 5 atom stereocenters. The molecule has 2 saturated heterocycles. The maximum Gasteiger partial charge on any atom is 0.250 e. The predicted octanol–water partition coefficient (Wildman–Crippen LogP) is 1.20. The smallest absolute Gasteiger partial charge is 0.250 e. The van der Waals surface area contributed by atoms with E-state index in [2.05, 4.69) is 10.6 Å². The van der Waals surface area contributed by atoms with Crippen molar-refractivity contribution in [2.45, 2.75) is 58.2 Å². The zero-order valence-electron chi connectivity index (χ0n) is 16.7. The van der Waals surface area contributed by atoms with E-state index < -0.39 is 29.5 Å². The van der Waals surface area contributed by atoms with Gasteiger partial charge < -0.3 is 10.4 Å². The van der Waals surface area contributed by atoms with E-state index in [-0.39, 0.29) is 17.7 Å². The van der Waals surface area contributed by atoms with Crippen LogP contribution in [0, 0.1) is 25.7 Å². The van der Waals surface area contributed by atoms with Crippen LogP contribution in [-0.2, 0) is 19.9 Å². The molecule has 0 saturated carbocycles. The van der Waals surface area contributed by atoms with Gasteiger partial charge in [-0.25, -0.2) is 0 Å². The lowest BCUT2D eigenvalue weighted by Gasteiger charge is -2.30. The summed E-state index contributed by atoms with van der Waals surface area (Å²) in [4.78, 5) is 41.1. The van der Waals surface area contributed by atoms with Crippen molar-refractivity contribution in [3.05, 3.63) is 28.8 Å². The molecule has 1 aromatic rings. The molecule has 0 bridgehead atoms. The fourth-order valence-electron chi connectivity index (χ4n) is 5.20. The number of carbonyl (C=O) groups excluding carboxylic acids is 3. The third-order valence-corrected chi connectivity index (χ3v) is 6.45. The van der Waals surface area contributed by atoms with Gasteiger partial charge in [0.15, 0.2) is 0 Å². The van der Waals surface area contributed by atoms with Crippen molar-refractivity contribution in [3.63, 3.8) is 0 Å². The minimum absolute atomic E-state index is 0.288. The van der Waals surface area contributed by atoms with E-state index in [4.69, 9.17) is 0 Å². The summed E-state index contributed by atoms with van der Waals surface area (Å²) in [5.41, 5.74) is 1.96. The van der Waals surface area contributed by atoms with Gasteiger partial charge in [-0.2, -0.15) is 0 Å². The SMILES string of the molecule is CCCCN1C(=O)C2C(C(C)O)NC3(C(=O)Nc4c(C)cc(C)cc43)C2C1=O. The van der Waals surface area contributed by atoms with Crippen LogP contribution in [0.1, 0.15) is 43.4 Å². The molecule has 7 nitrogen and oxygen atoms in total. The second kappa shape index (κ2) is 6.39. The van der Waals surface area contributed by atoms with E-state index in [0.29, 0.717) is 17.8 Å². The Morgan fingerprint density at radius 3 is 2.57 bits per heavy atom. The Hall–Kier alpha value is -2.25. The first-order valence-corrected chi connectivity index (χ1v) is 9.98. The number of rotatable bonds is 4. The molecular weight excluding hydrogens is 358 g/mol. The minimum atomic E-state index is -1.33. The number of hydrogen-bond acceptors (Lipinski definition) is 5. The van der Waals surface area contributed by atoms with Crippen molar-refractivity contribution in [2.75, 3.05) is 11.9 Å². The number of benzene rings is 1. The summed E-state index contributed by atoms with van der Waals surface area (Å²) in [7, 11) is 0. The zero-order chi connectivity index (χ0) is 20.4. The van der Waals surface area contributed by atoms with Gasteiger partial charge in [0.1, 0.15) is 5.54 Å². The molecule has 5 unspecified atom stereocenters. The number of likely N-dealkylation sites (tertiary alicyclic amines) is 1. The van der Waals surface area contributed by atoms with Gasteiger partial charge in [0, 0.05) is 23.8 Å². The normalized spacial score (nSPS) is 32.1. The number of aliphatic hydroxyl groups is 1. The summed E-state index contributed by atoms with van der Waals surface area (Å²) < 4.78 is 0. The van der Waals surface area contributed by atoms with Crippen molar-refractivity contribution >= 4 is 23.4 Å². The van der Waals surface area contributed by atoms with Gasteiger partial charge in [-0.1, -0.05) is 31.0 Å². The molecule has 3 N–H and O–H groups in total. The van der Waals surface area contributed by atoms with E-state index >= 15 is 0 Å². The molecule has 3 aliphatic heterocycles. The van der Waals surface area contributed by atoms with Crippen LogP contribution in [0.5, 0.6) is 0 Å². The molecule has 3 amide bonds. The van der Waals surface area contributed by atoms with Gasteiger partial charge in [0.25, 0.3) is 0 Å². The van der Waals surface area contributed by atoms with Crippen LogP contribution in [-0.4, -0.2) is 46.4 Å². The number of carbonyl (C=O) groups is 3. The second-order valence-corrected chi connectivity index (χ2v) is 8.36. The lowest BCUT2D eigenvalue weighted by molar-refractivity contribution is -0.143. The Morgan fingerprint density at radius 1 is 1.21 bits per heavy atom. The van der Waals surface area contributed by atoms with E-state index in [1.54, 1.807) is 6.92 Å². The highest BCUT2D eigenvalue weighted by atomic mass is 16.3. The maximum atomic E-state index is 13.4. The van der Waals surface area contributed by atoms with E-state index in [1.165, 1.54) is 4.90 Å². The Bertz CT molecular complexity index is 881. The largest absolute Gasteiger partial charge is 0.392 e. The third-order valence-electron chi connectivity index (χ3n) is 6.45. The van der Waals surface area contributed by atoms with Crippen LogP contribution < -0.4 is 10.6 Å². The molecule has 3 aliphatic rings. The zero-order valence-corrected chi connectivity index (χ0v) is 16.7. The molecular formula is C21H27N3O4. The number of anilines is 1. The monoisotopic (exact) mass is 385 g/mol. The van der Waals surface area contributed by atoms with Crippen LogP contribution >= 0.6 is 0 Å². The van der Waals surface area contributed by atoms with Crippen LogP contribution in [0.2, 0.25) is 0 Å². The molecule has 1 aromatic carbocycles. The molecule has 0 radical (unpaired) electrons. The van der Waals surface area contributed by atoms with Gasteiger partial charge in [0.05, 0.1) is 17.9 Å². The van der Waals surface area contributed by atoms with Crippen molar-refractivity contribution in [1.29, 1.82) is 0 Å². The summed E-state index contributed by atoms with van der Waals surface area (Å²) in [6, 6.07) is 3.22. The fourth-order valence-corrected chi connectivity index (χ4v) is 5.20. The molecule has 3 heterocycles. The predicted molar refractivity (Wildman–Crippen MR) is 103 cm³/mol. The van der Waals surface area contributed by atoms with Gasteiger partial charge in [0.2, 0.25) is 17.7 Å². The summed E-state index contributed by atoms with van der Waals surface area (Å²) in [5, 5.41) is 16.5. The summed E-state index contributed by atoms with van der Waals surface area (Å²) in [5.74, 6) is -2.53. The van der Waals surface area contributed by atoms with Crippen LogP contribution in [0.4, 0.5) is 5.69 Å². The first-order valence-electron chi connectivity index (χ1n) is 9.98. The molecule has 0 aromatic heterocycles. The topological polar surface area (TPSA) is 98.7 Å². The number of nitrogens with one attached hydrogen (secondary N) is 2. The highest BCUT2D eigenvalue weighted by molar-refractivity contribution is 6.15. The number of amides is 3. The van der Waals surface area contributed by atoms with E-state index in [9.17, 15) is 19.5 Å². The molecule has 2 fully saturated rings. The number of aryl methyl sites for hydroxylation is 2. The number of hydrogen-bond donors (Lipinski definition) is 3. The van der Waals surface area contributed by atoms with Crippen molar-refractivity contribution in [1.82, 2.24) is 10.2 Å². The van der Waals surface area contributed by atoms with Crippen LogP contribution in [0.15, 0.2) is 12.1 Å². The molecule has 7 heteroatoms. The third kappa shape index (κ3) is 2.32. The summed E-state index contributed by atoms with van der Waals surface area (Å²) >= 11 is 0. The quantitative estimate of drug-likeness (QED) is 0.677. The molecule has 4 rings (SSSR count). The number of imide groups is 1. The van der Waals surface area contributed by atoms with Crippen LogP contribution in [0.3, 0.4) is 0 Å². The summed E-state index contributed by atoms with van der Waals surface area (Å²) in [6.45, 7) is 7.80. The number of nitrogens with zero attached hydrogens (tertiary/aromatic N) is 1. The lowest BCUT2D eigenvalue weighted by atomic mass is 9.75. The molecule has 28 heavy (non-hydrogen) atoms. The van der Waals surface area contributed by atoms with E-state index in [0.717, 1.165) is 24.0 Å². The Balaban J connectivity index is 1.89. The first-order chi connectivity index (χ1) is 13.2. The Labute approximate surface area is 164 Å². The highest BCUT2D eigenvalue weighted by Gasteiger charge is 2.71. The van der Waals surface area contributed by atoms with Crippen molar-refractivity contribution in [3.8, 4) is 0 Å². The fraction of sp³-hybridized carbons (Fsp3) is 0.571. The van der Waals surface area contributed by atoms with Gasteiger partial charge in [-0.3, -0.25) is 24.6 Å². The van der Waals surface area contributed by atoms with Gasteiger partial charge in [-0.05, 0) is 32.8 Å². The molecule has 0 aliphatic carbocycles. The Kier molecular flexibility index (Phi) is 4.35. The number of fused-ring (bicyclic) bond motifs is 4. The number of unbranched alkanes of at least 4 members (excludes halogenated alkanes) is 1.